The largest absolute Gasteiger partial charge is 0.487 e. The number of nitrogens with one attached hydrogen (secondary N) is 2. The van der Waals surface area contributed by atoms with Crippen LogP contribution in [0.1, 0.15) is 0 Å². The molecule has 0 aliphatic carbocycles. The van der Waals surface area contributed by atoms with Gasteiger partial charge in [0.25, 0.3) is 0 Å². The zero-order valence-corrected chi connectivity index (χ0v) is 12.6. The predicted molar refractivity (Wildman–Crippen MR) is 76.8 cm³/mol. The minimum Gasteiger partial charge on any atom is -0.487 e. The summed E-state index contributed by atoms with van der Waals surface area (Å²) < 4.78 is 40.7. The van der Waals surface area contributed by atoms with Gasteiger partial charge in [0.1, 0.15) is 13.3 Å². The topological polar surface area (TPSA) is 85.9 Å². The summed E-state index contributed by atoms with van der Waals surface area (Å²) in [6.07, 6.45) is 1.09. The van der Waals surface area contributed by atoms with Crippen LogP contribution < -0.4 is 19.5 Å². The fraction of sp³-hybridized carbons (Fsp3) is 0.500. The van der Waals surface area contributed by atoms with Crippen LogP contribution in [0.5, 0.6) is 11.5 Å². The van der Waals surface area contributed by atoms with E-state index in [-0.39, 0.29) is 0 Å². The van der Waals surface area contributed by atoms with E-state index in [2.05, 4.69) is 10.0 Å². The van der Waals surface area contributed by atoms with Crippen molar-refractivity contribution in [3.63, 3.8) is 0 Å². The van der Waals surface area contributed by atoms with E-state index in [1.807, 2.05) is 0 Å². The Morgan fingerprint density at radius 1 is 1.15 bits per heavy atom. The second-order valence-electron chi connectivity index (χ2n) is 4.02. The molecule has 0 saturated heterocycles. The highest BCUT2D eigenvalue weighted by atomic mass is 32.2. The van der Waals surface area contributed by atoms with Gasteiger partial charge in [-0.15, -0.1) is 0 Å². The molecule has 20 heavy (non-hydrogen) atoms. The molecule has 2 N–H and O–H groups in total. The van der Waals surface area contributed by atoms with Crippen molar-refractivity contribution in [2.45, 2.75) is 0 Å². The molecule has 0 spiro atoms. The molecule has 0 aliphatic rings. The Morgan fingerprint density at radius 3 is 2.50 bits per heavy atom. The number of sulfonamides is 1. The minimum absolute atomic E-state index is 0.319. The van der Waals surface area contributed by atoms with Gasteiger partial charge in [-0.2, -0.15) is 0 Å². The van der Waals surface area contributed by atoms with Crippen molar-refractivity contribution in [1.29, 1.82) is 0 Å². The average molecular weight is 304 g/mol. The van der Waals surface area contributed by atoms with Crippen molar-refractivity contribution in [2.75, 3.05) is 45.1 Å². The Labute approximate surface area is 119 Å². The van der Waals surface area contributed by atoms with E-state index in [1.54, 1.807) is 32.4 Å². The normalized spacial score (nSPS) is 11.2. The first kappa shape index (κ1) is 16.5. The van der Waals surface area contributed by atoms with Crippen molar-refractivity contribution >= 4 is 15.7 Å². The zero-order chi connectivity index (χ0) is 15.0. The molecule has 114 valence electrons. The van der Waals surface area contributed by atoms with Crippen LogP contribution >= 0.6 is 0 Å². The second kappa shape index (κ2) is 7.93. The van der Waals surface area contributed by atoms with Crippen LogP contribution in [0.2, 0.25) is 0 Å². The lowest BCUT2D eigenvalue weighted by Crippen LogP contribution is -2.15. The van der Waals surface area contributed by atoms with Crippen molar-refractivity contribution < 1.29 is 22.6 Å². The molecule has 0 heterocycles. The standard InChI is InChI=1S/C12H20N2O5S/c1-13-9-19-11-5-4-10(14-20(3,15)16)8-12(11)18-7-6-17-2/h4-5,8,13-14H,6-7,9H2,1-3H3. The summed E-state index contributed by atoms with van der Waals surface area (Å²) in [5.74, 6) is 0.973. The van der Waals surface area contributed by atoms with E-state index in [9.17, 15) is 8.42 Å². The van der Waals surface area contributed by atoms with Gasteiger partial charge < -0.3 is 14.2 Å². The fourth-order valence-corrected chi connectivity index (χ4v) is 1.96. The van der Waals surface area contributed by atoms with Crippen LogP contribution in [0, 0.1) is 0 Å². The summed E-state index contributed by atoms with van der Waals surface area (Å²) in [5, 5.41) is 2.85. The van der Waals surface area contributed by atoms with E-state index in [1.165, 1.54) is 0 Å². The molecule has 0 radical (unpaired) electrons. The maximum atomic E-state index is 11.2. The lowest BCUT2D eigenvalue weighted by atomic mass is 10.3. The first-order chi connectivity index (χ1) is 9.46. The number of anilines is 1. The Morgan fingerprint density at radius 2 is 1.90 bits per heavy atom. The number of rotatable bonds is 9. The number of benzene rings is 1. The molecule has 0 bridgehead atoms. The van der Waals surface area contributed by atoms with Crippen molar-refractivity contribution in [1.82, 2.24) is 5.32 Å². The van der Waals surface area contributed by atoms with Crippen molar-refractivity contribution in [2.24, 2.45) is 0 Å². The van der Waals surface area contributed by atoms with Crippen LogP contribution in [-0.2, 0) is 14.8 Å². The monoisotopic (exact) mass is 304 g/mol. The van der Waals surface area contributed by atoms with Gasteiger partial charge in [-0.1, -0.05) is 0 Å². The zero-order valence-electron chi connectivity index (χ0n) is 11.8. The lowest BCUT2D eigenvalue weighted by Gasteiger charge is -2.14. The van der Waals surface area contributed by atoms with Gasteiger partial charge in [0.2, 0.25) is 10.0 Å². The average Bonchev–Trinajstić information content (AvgIpc) is 2.36. The summed E-state index contributed by atoms with van der Waals surface area (Å²) in [5.41, 5.74) is 0.414. The molecule has 0 amide bonds. The maximum absolute atomic E-state index is 11.2. The maximum Gasteiger partial charge on any atom is 0.229 e. The fourth-order valence-electron chi connectivity index (χ4n) is 1.40. The quantitative estimate of drug-likeness (QED) is 0.514. The van der Waals surface area contributed by atoms with Crippen LogP contribution in [0.25, 0.3) is 0 Å². The Bertz CT molecular complexity index is 519. The van der Waals surface area contributed by atoms with E-state index >= 15 is 0 Å². The third-order valence-electron chi connectivity index (χ3n) is 2.16. The first-order valence-electron chi connectivity index (χ1n) is 5.97. The highest BCUT2D eigenvalue weighted by Gasteiger charge is 2.09. The molecule has 0 aromatic heterocycles. The molecular weight excluding hydrogens is 284 g/mol. The summed E-state index contributed by atoms with van der Waals surface area (Å²) in [4.78, 5) is 0. The SMILES string of the molecule is CNCOc1ccc(NS(C)(=O)=O)cc1OCCOC. The van der Waals surface area contributed by atoms with Crippen molar-refractivity contribution in [3.8, 4) is 11.5 Å². The molecule has 1 rings (SSSR count). The summed E-state index contributed by atoms with van der Waals surface area (Å²) in [6, 6.07) is 4.82. The first-order valence-corrected chi connectivity index (χ1v) is 7.86. The van der Waals surface area contributed by atoms with Crippen molar-refractivity contribution in [3.05, 3.63) is 18.2 Å². The number of ether oxygens (including phenoxy) is 3. The molecule has 8 heteroatoms. The summed E-state index contributed by atoms with van der Waals surface area (Å²) in [7, 11) is -0.00448. The number of methoxy groups -OCH3 is 1. The van der Waals surface area contributed by atoms with E-state index in [0.717, 1.165) is 6.26 Å². The summed E-state index contributed by atoms with van der Waals surface area (Å²) >= 11 is 0. The van der Waals surface area contributed by atoms with Gasteiger partial charge in [-0.05, 0) is 19.2 Å². The number of hydrogen-bond acceptors (Lipinski definition) is 6. The van der Waals surface area contributed by atoms with Gasteiger partial charge in [0.15, 0.2) is 11.5 Å². The highest BCUT2D eigenvalue weighted by molar-refractivity contribution is 7.92. The van der Waals surface area contributed by atoms with E-state index in [0.29, 0.717) is 37.1 Å². The molecule has 0 saturated carbocycles. The molecular formula is C12H20N2O5S. The summed E-state index contributed by atoms with van der Waals surface area (Å²) in [6.45, 7) is 1.09. The van der Waals surface area contributed by atoms with Crippen LogP contribution in [0.4, 0.5) is 5.69 Å². The van der Waals surface area contributed by atoms with Gasteiger partial charge in [-0.3, -0.25) is 10.0 Å². The molecule has 7 nitrogen and oxygen atoms in total. The van der Waals surface area contributed by atoms with Crippen LogP contribution in [0.15, 0.2) is 18.2 Å². The lowest BCUT2D eigenvalue weighted by molar-refractivity contribution is 0.143. The predicted octanol–water partition coefficient (Wildman–Crippen LogP) is 0.639. The Balaban J connectivity index is 2.88. The van der Waals surface area contributed by atoms with Gasteiger partial charge in [-0.25, -0.2) is 8.42 Å². The number of hydrogen-bond donors (Lipinski definition) is 2. The second-order valence-corrected chi connectivity index (χ2v) is 5.77. The molecule has 0 fully saturated rings. The van der Waals surface area contributed by atoms with E-state index in [4.69, 9.17) is 14.2 Å². The Hall–Kier alpha value is -1.51. The third kappa shape index (κ3) is 6.09. The van der Waals surface area contributed by atoms with Crippen LogP contribution in [0.3, 0.4) is 0 Å². The molecule has 1 aromatic rings. The van der Waals surface area contributed by atoms with Gasteiger partial charge in [0.05, 0.1) is 18.6 Å². The van der Waals surface area contributed by atoms with Gasteiger partial charge >= 0.3 is 0 Å². The molecule has 1 aromatic carbocycles. The Kier molecular flexibility index (Phi) is 6.56. The van der Waals surface area contributed by atoms with Gasteiger partial charge in [0, 0.05) is 13.2 Å². The molecule has 0 aliphatic heterocycles. The molecule has 0 unspecified atom stereocenters. The van der Waals surface area contributed by atoms with Crippen LogP contribution in [-0.4, -0.2) is 48.8 Å². The highest BCUT2D eigenvalue weighted by Crippen LogP contribution is 2.30. The minimum atomic E-state index is -3.33. The third-order valence-corrected chi connectivity index (χ3v) is 2.77. The molecule has 0 atom stereocenters. The smallest absolute Gasteiger partial charge is 0.229 e. The van der Waals surface area contributed by atoms with E-state index < -0.39 is 10.0 Å².